The number of ether oxygens (including phenoxy) is 1. The summed E-state index contributed by atoms with van der Waals surface area (Å²) >= 11 is 1.68. The molecule has 0 bridgehead atoms. The summed E-state index contributed by atoms with van der Waals surface area (Å²) in [6, 6.07) is 7.27. The van der Waals surface area contributed by atoms with Gasteiger partial charge in [0.1, 0.15) is 5.75 Å². The average molecular weight is 371 g/mol. The summed E-state index contributed by atoms with van der Waals surface area (Å²) in [5, 5.41) is 5.41. The molecule has 0 N–H and O–H groups in total. The third kappa shape index (κ3) is 2.90. The summed E-state index contributed by atoms with van der Waals surface area (Å²) in [7, 11) is 3.54. The van der Waals surface area contributed by atoms with Crippen LogP contribution >= 0.6 is 11.3 Å². The summed E-state index contributed by atoms with van der Waals surface area (Å²) < 4.78 is 8.11. The van der Waals surface area contributed by atoms with Gasteiger partial charge in [-0.3, -0.25) is 4.79 Å². The van der Waals surface area contributed by atoms with Crippen LogP contribution in [0.5, 0.6) is 5.75 Å². The van der Waals surface area contributed by atoms with E-state index in [1.807, 2.05) is 47.8 Å². The van der Waals surface area contributed by atoms with Crippen LogP contribution in [0.4, 0.5) is 5.13 Å². The molecule has 26 heavy (non-hydrogen) atoms. The SMILES string of the molecule is COc1ccc(C(=O)N2CCN(c3nc4c(s3)c(C)nn4C)CC2)cc1. The molecule has 0 atom stereocenters. The molecule has 4 rings (SSSR count). The van der Waals surface area contributed by atoms with Crippen molar-refractivity contribution in [2.24, 2.45) is 7.05 Å². The Hall–Kier alpha value is -2.61. The van der Waals surface area contributed by atoms with Crippen molar-refractivity contribution in [1.29, 1.82) is 0 Å². The summed E-state index contributed by atoms with van der Waals surface area (Å²) in [6.45, 7) is 4.97. The number of benzene rings is 1. The number of aromatic nitrogens is 3. The smallest absolute Gasteiger partial charge is 0.253 e. The van der Waals surface area contributed by atoms with Gasteiger partial charge >= 0.3 is 0 Å². The lowest BCUT2D eigenvalue weighted by molar-refractivity contribution is 0.0746. The van der Waals surface area contributed by atoms with Crippen molar-refractivity contribution in [3.8, 4) is 5.75 Å². The molecule has 1 aliphatic heterocycles. The molecule has 0 radical (unpaired) electrons. The molecule has 0 unspecified atom stereocenters. The minimum absolute atomic E-state index is 0.0663. The minimum Gasteiger partial charge on any atom is -0.497 e. The predicted octanol–water partition coefficient (Wildman–Crippen LogP) is 2.31. The van der Waals surface area contributed by atoms with Gasteiger partial charge in [-0.1, -0.05) is 11.3 Å². The maximum atomic E-state index is 12.7. The largest absolute Gasteiger partial charge is 0.497 e. The quantitative estimate of drug-likeness (QED) is 0.707. The van der Waals surface area contributed by atoms with Crippen LogP contribution in [0.2, 0.25) is 0 Å². The van der Waals surface area contributed by atoms with Gasteiger partial charge in [0.25, 0.3) is 5.91 Å². The molecule has 0 spiro atoms. The lowest BCUT2D eigenvalue weighted by atomic mass is 10.1. The summed E-state index contributed by atoms with van der Waals surface area (Å²) in [4.78, 5) is 21.6. The van der Waals surface area contributed by atoms with E-state index in [1.54, 1.807) is 18.4 Å². The van der Waals surface area contributed by atoms with Gasteiger partial charge in [-0.25, -0.2) is 9.67 Å². The predicted molar refractivity (Wildman–Crippen MR) is 102 cm³/mol. The van der Waals surface area contributed by atoms with Crippen molar-refractivity contribution in [3.05, 3.63) is 35.5 Å². The van der Waals surface area contributed by atoms with Gasteiger partial charge in [0.2, 0.25) is 0 Å². The second-order valence-corrected chi connectivity index (χ2v) is 7.34. The molecule has 1 aliphatic rings. The lowest BCUT2D eigenvalue weighted by Crippen LogP contribution is -2.48. The molecule has 2 aromatic heterocycles. The Morgan fingerprint density at radius 3 is 2.46 bits per heavy atom. The van der Waals surface area contributed by atoms with E-state index < -0.39 is 0 Å². The van der Waals surface area contributed by atoms with E-state index in [-0.39, 0.29) is 5.91 Å². The molecule has 3 heterocycles. The Bertz CT molecular complexity index is 904. The number of fused-ring (bicyclic) bond motifs is 1. The van der Waals surface area contributed by atoms with Crippen LogP contribution in [0.1, 0.15) is 16.1 Å². The van der Waals surface area contributed by atoms with Crippen molar-refractivity contribution in [1.82, 2.24) is 19.7 Å². The summed E-state index contributed by atoms with van der Waals surface area (Å²) in [5.74, 6) is 0.823. The number of nitrogens with zero attached hydrogens (tertiary/aromatic N) is 5. The number of aryl methyl sites for hydroxylation is 2. The van der Waals surface area contributed by atoms with Gasteiger partial charge < -0.3 is 14.5 Å². The van der Waals surface area contributed by atoms with Crippen molar-refractivity contribution in [3.63, 3.8) is 0 Å². The summed E-state index contributed by atoms with van der Waals surface area (Å²) in [6.07, 6.45) is 0. The highest BCUT2D eigenvalue weighted by Gasteiger charge is 2.25. The van der Waals surface area contributed by atoms with E-state index in [0.29, 0.717) is 18.7 Å². The normalized spacial score (nSPS) is 14.9. The number of carbonyl (C=O) groups is 1. The zero-order chi connectivity index (χ0) is 18.3. The van der Waals surface area contributed by atoms with Crippen LogP contribution in [0, 0.1) is 6.92 Å². The number of hydrogen-bond acceptors (Lipinski definition) is 6. The first-order chi connectivity index (χ1) is 12.6. The zero-order valence-electron chi connectivity index (χ0n) is 15.1. The highest BCUT2D eigenvalue weighted by atomic mass is 32.1. The number of methoxy groups -OCH3 is 1. The number of anilines is 1. The highest BCUT2D eigenvalue weighted by molar-refractivity contribution is 7.22. The van der Waals surface area contributed by atoms with Gasteiger partial charge in [0.05, 0.1) is 17.5 Å². The van der Waals surface area contributed by atoms with Gasteiger partial charge in [0.15, 0.2) is 10.8 Å². The molecular weight excluding hydrogens is 350 g/mol. The number of hydrogen-bond donors (Lipinski definition) is 0. The monoisotopic (exact) mass is 371 g/mol. The van der Waals surface area contributed by atoms with Gasteiger partial charge in [0, 0.05) is 38.8 Å². The molecule has 136 valence electrons. The first-order valence-corrected chi connectivity index (χ1v) is 9.37. The standard InChI is InChI=1S/C18H21N5O2S/c1-12-15-16(21(2)20-12)19-18(26-15)23-10-8-22(9-11-23)17(24)13-4-6-14(25-3)7-5-13/h4-7H,8-11H2,1-3H3. The van der Waals surface area contributed by atoms with Crippen molar-refractivity contribution >= 4 is 32.7 Å². The van der Waals surface area contributed by atoms with Crippen molar-refractivity contribution in [2.45, 2.75) is 6.92 Å². The number of piperazine rings is 1. The van der Waals surface area contributed by atoms with E-state index in [1.165, 1.54) is 0 Å². The van der Waals surface area contributed by atoms with Crippen molar-refractivity contribution < 1.29 is 9.53 Å². The molecular formula is C18H21N5O2S. The van der Waals surface area contributed by atoms with E-state index in [2.05, 4.69) is 10.00 Å². The Morgan fingerprint density at radius 1 is 1.15 bits per heavy atom. The van der Waals surface area contributed by atoms with Crippen LogP contribution in [0.25, 0.3) is 10.3 Å². The zero-order valence-corrected chi connectivity index (χ0v) is 15.9. The molecule has 1 fully saturated rings. The average Bonchev–Trinajstić information content (AvgIpc) is 3.23. The van der Waals surface area contributed by atoms with Crippen LogP contribution < -0.4 is 9.64 Å². The molecule has 1 amide bonds. The Balaban J connectivity index is 1.44. The molecule has 0 aliphatic carbocycles. The van der Waals surface area contributed by atoms with E-state index >= 15 is 0 Å². The number of rotatable bonds is 3. The lowest BCUT2D eigenvalue weighted by Gasteiger charge is -2.34. The van der Waals surface area contributed by atoms with Gasteiger partial charge in [-0.15, -0.1) is 0 Å². The van der Waals surface area contributed by atoms with Crippen LogP contribution in [-0.2, 0) is 7.05 Å². The Kier molecular flexibility index (Phi) is 4.28. The number of thiazole rings is 1. The third-order valence-corrected chi connectivity index (χ3v) is 5.92. The first-order valence-electron chi connectivity index (χ1n) is 8.55. The molecule has 8 heteroatoms. The van der Waals surface area contributed by atoms with E-state index in [0.717, 1.165) is 40.0 Å². The number of amides is 1. The minimum atomic E-state index is 0.0663. The fourth-order valence-electron chi connectivity index (χ4n) is 3.23. The molecule has 1 saturated heterocycles. The molecule has 0 saturated carbocycles. The van der Waals surface area contributed by atoms with Crippen LogP contribution in [0.15, 0.2) is 24.3 Å². The van der Waals surface area contributed by atoms with E-state index in [4.69, 9.17) is 9.72 Å². The van der Waals surface area contributed by atoms with Crippen LogP contribution in [-0.4, -0.2) is 58.9 Å². The second kappa shape index (κ2) is 6.60. The Morgan fingerprint density at radius 2 is 1.85 bits per heavy atom. The maximum Gasteiger partial charge on any atom is 0.253 e. The van der Waals surface area contributed by atoms with Gasteiger partial charge in [-0.05, 0) is 31.2 Å². The molecule has 7 nitrogen and oxygen atoms in total. The molecule has 1 aromatic carbocycles. The topological polar surface area (TPSA) is 63.5 Å². The Labute approximate surface area is 155 Å². The number of carbonyl (C=O) groups excluding carboxylic acids is 1. The third-order valence-electron chi connectivity index (χ3n) is 4.71. The molecule has 3 aromatic rings. The van der Waals surface area contributed by atoms with Crippen LogP contribution in [0.3, 0.4) is 0 Å². The summed E-state index contributed by atoms with van der Waals surface area (Å²) in [5.41, 5.74) is 2.64. The highest BCUT2D eigenvalue weighted by Crippen LogP contribution is 2.31. The maximum absolute atomic E-state index is 12.7. The van der Waals surface area contributed by atoms with Gasteiger partial charge in [-0.2, -0.15) is 5.10 Å². The van der Waals surface area contributed by atoms with Crippen molar-refractivity contribution in [2.75, 3.05) is 38.2 Å². The van der Waals surface area contributed by atoms with E-state index in [9.17, 15) is 4.79 Å². The second-order valence-electron chi connectivity index (χ2n) is 6.37. The fourth-order valence-corrected chi connectivity index (χ4v) is 4.31. The fraction of sp³-hybridized carbons (Fsp3) is 0.389. The first kappa shape index (κ1) is 16.8.